The van der Waals surface area contributed by atoms with E-state index < -0.39 is 0 Å². The van der Waals surface area contributed by atoms with Gasteiger partial charge in [0.15, 0.2) is 0 Å². The highest BCUT2D eigenvalue weighted by Crippen LogP contribution is 2.38. The van der Waals surface area contributed by atoms with Crippen LogP contribution in [0.15, 0.2) is 12.1 Å². The van der Waals surface area contributed by atoms with Crippen LogP contribution in [0.25, 0.3) is 0 Å². The van der Waals surface area contributed by atoms with Crippen molar-refractivity contribution in [2.45, 2.75) is 18.9 Å². The summed E-state index contributed by atoms with van der Waals surface area (Å²) in [4.78, 5) is 0. The van der Waals surface area contributed by atoms with Crippen LogP contribution in [0.5, 0.6) is 11.5 Å². The molecule has 0 spiro atoms. The van der Waals surface area contributed by atoms with Crippen molar-refractivity contribution in [1.29, 1.82) is 0 Å². The van der Waals surface area contributed by atoms with Crippen LogP contribution in [0, 0.1) is 0 Å². The van der Waals surface area contributed by atoms with Crippen LogP contribution < -0.4 is 15.2 Å². The van der Waals surface area contributed by atoms with Crippen LogP contribution in [0.3, 0.4) is 0 Å². The molecule has 0 bridgehead atoms. The van der Waals surface area contributed by atoms with E-state index >= 15 is 0 Å². The Bertz CT molecular complexity index is 375. The molecule has 2 heterocycles. The molecule has 0 fully saturated rings. The van der Waals surface area contributed by atoms with Gasteiger partial charge in [0.1, 0.15) is 18.1 Å². The fourth-order valence-electron chi connectivity index (χ4n) is 2.08. The molecule has 3 heteroatoms. The van der Waals surface area contributed by atoms with Gasteiger partial charge in [-0.15, -0.1) is 0 Å². The van der Waals surface area contributed by atoms with Gasteiger partial charge in [0.05, 0.1) is 12.6 Å². The second-order valence-electron chi connectivity index (χ2n) is 3.87. The van der Waals surface area contributed by atoms with Crippen LogP contribution in [-0.4, -0.2) is 13.2 Å². The Morgan fingerprint density at radius 3 is 3.07 bits per heavy atom. The Labute approximate surface area is 82.8 Å². The van der Waals surface area contributed by atoms with Crippen LogP contribution in [0.2, 0.25) is 0 Å². The molecule has 2 N–H and O–H groups in total. The predicted octanol–water partition coefficient (Wildman–Crippen LogP) is 1.40. The van der Waals surface area contributed by atoms with Crippen LogP contribution in [0.1, 0.15) is 23.6 Å². The van der Waals surface area contributed by atoms with E-state index in [0.29, 0.717) is 6.61 Å². The zero-order valence-electron chi connectivity index (χ0n) is 7.95. The standard InChI is InChI=1S/C11H13NO2/c12-9-6-14-11-4-7-2-1-3-13-10(7)5-8(9)11/h4-5,9H,1-3,6,12H2/t9-/m1/s1. The summed E-state index contributed by atoms with van der Waals surface area (Å²) >= 11 is 0. The minimum Gasteiger partial charge on any atom is -0.493 e. The fourth-order valence-corrected chi connectivity index (χ4v) is 2.08. The average molecular weight is 191 g/mol. The van der Waals surface area contributed by atoms with Gasteiger partial charge in [-0.05, 0) is 30.5 Å². The summed E-state index contributed by atoms with van der Waals surface area (Å²) in [6.07, 6.45) is 2.18. The van der Waals surface area contributed by atoms with E-state index in [-0.39, 0.29) is 6.04 Å². The summed E-state index contributed by atoms with van der Waals surface area (Å²) < 4.78 is 11.1. The summed E-state index contributed by atoms with van der Waals surface area (Å²) in [6.45, 7) is 1.42. The monoisotopic (exact) mass is 191 g/mol. The smallest absolute Gasteiger partial charge is 0.124 e. The van der Waals surface area contributed by atoms with E-state index in [1.165, 1.54) is 5.56 Å². The Hall–Kier alpha value is -1.22. The molecule has 0 aromatic heterocycles. The molecule has 1 aromatic carbocycles. The van der Waals surface area contributed by atoms with E-state index in [1.54, 1.807) is 0 Å². The lowest BCUT2D eigenvalue weighted by molar-refractivity contribution is 0.287. The van der Waals surface area contributed by atoms with E-state index in [0.717, 1.165) is 36.5 Å². The molecule has 0 unspecified atom stereocenters. The molecular formula is C11H13NO2. The van der Waals surface area contributed by atoms with E-state index in [9.17, 15) is 0 Å². The minimum atomic E-state index is 0.0147. The highest BCUT2D eigenvalue weighted by molar-refractivity contribution is 5.50. The van der Waals surface area contributed by atoms with Crippen molar-refractivity contribution < 1.29 is 9.47 Å². The Morgan fingerprint density at radius 1 is 1.21 bits per heavy atom. The van der Waals surface area contributed by atoms with Gasteiger partial charge in [0, 0.05) is 5.56 Å². The molecule has 0 amide bonds. The van der Waals surface area contributed by atoms with Crippen molar-refractivity contribution in [2.75, 3.05) is 13.2 Å². The molecule has 1 aromatic rings. The van der Waals surface area contributed by atoms with Crippen LogP contribution in [0.4, 0.5) is 0 Å². The van der Waals surface area contributed by atoms with Crippen molar-refractivity contribution in [3.05, 3.63) is 23.3 Å². The van der Waals surface area contributed by atoms with Gasteiger partial charge >= 0.3 is 0 Å². The number of hydrogen-bond donors (Lipinski definition) is 1. The molecule has 0 saturated carbocycles. The first-order chi connectivity index (χ1) is 6.84. The first kappa shape index (κ1) is 8.12. The quantitative estimate of drug-likeness (QED) is 0.674. The third-order valence-electron chi connectivity index (χ3n) is 2.86. The zero-order valence-corrected chi connectivity index (χ0v) is 7.95. The van der Waals surface area contributed by atoms with Gasteiger partial charge in [-0.2, -0.15) is 0 Å². The Morgan fingerprint density at radius 2 is 2.14 bits per heavy atom. The van der Waals surface area contributed by atoms with E-state index in [1.807, 2.05) is 6.07 Å². The van der Waals surface area contributed by atoms with Crippen molar-refractivity contribution in [3.8, 4) is 11.5 Å². The first-order valence-electron chi connectivity index (χ1n) is 5.02. The summed E-state index contributed by atoms with van der Waals surface area (Å²) in [5.41, 5.74) is 8.24. The highest BCUT2D eigenvalue weighted by atomic mass is 16.5. The van der Waals surface area contributed by atoms with Gasteiger partial charge in [-0.3, -0.25) is 0 Å². The molecule has 14 heavy (non-hydrogen) atoms. The molecule has 1 atom stereocenters. The van der Waals surface area contributed by atoms with Crippen LogP contribution >= 0.6 is 0 Å². The number of ether oxygens (including phenoxy) is 2. The normalized spacial score (nSPS) is 23.4. The predicted molar refractivity (Wildman–Crippen MR) is 52.7 cm³/mol. The van der Waals surface area contributed by atoms with E-state index in [4.69, 9.17) is 15.2 Å². The average Bonchev–Trinajstić information content (AvgIpc) is 2.57. The van der Waals surface area contributed by atoms with Crippen molar-refractivity contribution in [3.63, 3.8) is 0 Å². The molecule has 2 aliphatic heterocycles. The molecule has 2 aliphatic rings. The van der Waals surface area contributed by atoms with Crippen molar-refractivity contribution in [2.24, 2.45) is 5.73 Å². The summed E-state index contributed by atoms with van der Waals surface area (Å²) in [5, 5.41) is 0. The fraction of sp³-hybridized carbons (Fsp3) is 0.455. The molecular weight excluding hydrogens is 178 g/mol. The number of rotatable bonds is 0. The lowest BCUT2D eigenvalue weighted by atomic mass is 10.0. The lowest BCUT2D eigenvalue weighted by Crippen LogP contribution is -2.12. The van der Waals surface area contributed by atoms with Gasteiger partial charge < -0.3 is 15.2 Å². The van der Waals surface area contributed by atoms with Gasteiger partial charge in [0.2, 0.25) is 0 Å². The van der Waals surface area contributed by atoms with Crippen molar-refractivity contribution >= 4 is 0 Å². The maximum Gasteiger partial charge on any atom is 0.124 e. The number of aryl methyl sites for hydroxylation is 1. The second-order valence-corrected chi connectivity index (χ2v) is 3.87. The Balaban J connectivity index is 2.11. The zero-order chi connectivity index (χ0) is 9.54. The molecule has 0 aliphatic carbocycles. The third-order valence-corrected chi connectivity index (χ3v) is 2.86. The highest BCUT2D eigenvalue weighted by Gasteiger charge is 2.24. The number of fused-ring (bicyclic) bond motifs is 2. The molecule has 0 radical (unpaired) electrons. The summed E-state index contributed by atoms with van der Waals surface area (Å²) in [7, 11) is 0. The molecule has 74 valence electrons. The maximum atomic E-state index is 5.90. The first-order valence-corrected chi connectivity index (χ1v) is 5.02. The van der Waals surface area contributed by atoms with E-state index in [2.05, 4.69) is 6.07 Å². The summed E-state index contributed by atoms with van der Waals surface area (Å²) in [5.74, 6) is 1.94. The topological polar surface area (TPSA) is 44.5 Å². The number of benzene rings is 1. The lowest BCUT2D eigenvalue weighted by Gasteiger charge is -2.18. The number of nitrogens with two attached hydrogens (primary N) is 1. The van der Waals surface area contributed by atoms with Gasteiger partial charge in [-0.25, -0.2) is 0 Å². The summed E-state index contributed by atoms with van der Waals surface area (Å²) in [6, 6.07) is 4.14. The SMILES string of the molecule is N[C@@H]1COc2cc3c(cc21)OCCC3. The minimum absolute atomic E-state index is 0.0147. The molecule has 0 saturated heterocycles. The molecule has 3 nitrogen and oxygen atoms in total. The van der Waals surface area contributed by atoms with Gasteiger partial charge in [-0.1, -0.05) is 0 Å². The number of hydrogen-bond acceptors (Lipinski definition) is 3. The van der Waals surface area contributed by atoms with Crippen LogP contribution in [-0.2, 0) is 6.42 Å². The largest absolute Gasteiger partial charge is 0.493 e. The second kappa shape index (κ2) is 2.89. The Kier molecular flexibility index (Phi) is 1.67. The molecule has 3 rings (SSSR count). The third kappa shape index (κ3) is 1.09. The van der Waals surface area contributed by atoms with Gasteiger partial charge in [0.25, 0.3) is 0 Å². The van der Waals surface area contributed by atoms with Crippen molar-refractivity contribution in [1.82, 2.24) is 0 Å². The maximum absolute atomic E-state index is 5.90.